The topological polar surface area (TPSA) is 40.4 Å². The van der Waals surface area contributed by atoms with Gasteiger partial charge in [-0.15, -0.1) is 0 Å². The van der Waals surface area contributed by atoms with Crippen LogP contribution in [0, 0.1) is 0 Å². The van der Waals surface area contributed by atoms with Crippen LogP contribution >= 0.6 is 0 Å². The fourth-order valence-corrected chi connectivity index (χ4v) is 1.43. The summed E-state index contributed by atoms with van der Waals surface area (Å²) in [4.78, 5) is 26.7. The number of nitrogens with zero attached hydrogens (tertiary/aromatic N) is 2. The predicted octanol–water partition coefficient (Wildman–Crippen LogP) is -0.217. The molecule has 0 aromatic rings. The second-order valence-electron chi connectivity index (χ2n) is 3.67. The third kappa shape index (κ3) is 1.43. The smallest absolute Gasteiger partial charge is 0.204 e. The molecule has 0 amide bonds. The minimum absolute atomic E-state index is 0.0641. The second-order valence-corrected chi connectivity index (χ2v) is 3.67. The lowest BCUT2D eigenvalue weighted by atomic mass is 10.1. The number of hydrogen-bond acceptors (Lipinski definition) is 4. The lowest BCUT2D eigenvalue weighted by Gasteiger charge is -2.18. The molecule has 1 heterocycles. The van der Waals surface area contributed by atoms with Crippen molar-refractivity contribution in [1.82, 2.24) is 9.80 Å². The molecule has 1 aliphatic carbocycles. The predicted molar refractivity (Wildman–Crippen MR) is 51.4 cm³/mol. The van der Waals surface area contributed by atoms with Crippen molar-refractivity contribution in [2.75, 3.05) is 27.2 Å². The number of allylic oxidation sites excluding steroid dienone is 2. The van der Waals surface area contributed by atoms with Crippen molar-refractivity contribution in [3.05, 3.63) is 23.5 Å². The molecule has 0 N–H and O–H groups in total. The number of ketones is 2. The minimum atomic E-state index is -0.0866. The summed E-state index contributed by atoms with van der Waals surface area (Å²) >= 11 is 0. The van der Waals surface area contributed by atoms with Crippen LogP contribution in [-0.4, -0.2) is 48.6 Å². The molecule has 0 aromatic carbocycles. The lowest BCUT2D eigenvalue weighted by Crippen LogP contribution is -2.25. The van der Waals surface area contributed by atoms with Gasteiger partial charge in [-0.2, -0.15) is 0 Å². The number of carbonyl (C=O) groups excluding carboxylic acids is 2. The Hall–Kier alpha value is -1.58. The van der Waals surface area contributed by atoms with E-state index in [1.807, 2.05) is 4.90 Å². The second kappa shape index (κ2) is 2.97. The summed E-state index contributed by atoms with van der Waals surface area (Å²) in [6.07, 6.45) is 2.85. The molecule has 2 rings (SSSR count). The highest BCUT2D eigenvalue weighted by atomic mass is 16.1. The summed E-state index contributed by atoms with van der Waals surface area (Å²) in [5.41, 5.74) is 1.00. The average Bonchev–Trinajstić information content (AvgIpc) is 2.91. The Morgan fingerprint density at radius 2 is 1.79 bits per heavy atom. The zero-order valence-electron chi connectivity index (χ0n) is 8.28. The van der Waals surface area contributed by atoms with Crippen LogP contribution in [0.5, 0.6) is 0 Å². The Balaban J connectivity index is 2.26. The van der Waals surface area contributed by atoms with E-state index in [4.69, 9.17) is 0 Å². The molecule has 1 aliphatic heterocycles. The number of rotatable bonds is 2. The highest BCUT2D eigenvalue weighted by molar-refractivity contribution is 6.19. The van der Waals surface area contributed by atoms with Crippen molar-refractivity contribution in [2.24, 2.45) is 0 Å². The van der Waals surface area contributed by atoms with E-state index in [9.17, 15) is 9.59 Å². The van der Waals surface area contributed by atoms with E-state index < -0.39 is 0 Å². The maximum Gasteiger partial charge on any atom is 0.204 e. The lowest BCUT2D eigenvalue weighted by molar-refractivity contribution is -0.116. The van der Waals surface area contributed by atoms with Gasteiger partial charge in [0, 0.05) is 39.3 Å². The molecular formula is C10H12N2O2. The Morgan fingerprint density at radius 3 is 2.29 bits per heavy atom. The monoisotopic (exact) mass is 192 g/mol. The normalized spacial score (nSPS) is 20.6. The molecule has 0 spiro atoms. The number of hydrogen-bond donors (Lipinski definition) is 0. The van der Waals surface area contributed by atoms with Gasteiger partial charge < -0.3 is 9.80 Å². The van der Waals surface area contributed by atoms with Gasteiger partial charge in [-0.3, -0.25) is 9.59 Å². The number of likely N-dealkylation sites (N-methyl/N-ethyl adjacent to an activating group) is 1. The summed E-state index contributed by atoms with van der Waals surface area (Å²) in [5, 5.41) is 0. The molecule has 4 nitrogen and oxygen atoms in total. The van der Waals surface area contributed by atoms with Crippen molar-refractivity contribution < 1.29 is 9.59 Å². The zero-order chi connectivity index (χ0) is 10.3. The van der Waals surface area contributed by atoms with Gasteiger partial charge in [0.25, 0.3) is 0 Å². The van der Waals surface area contributed by atoms with Gasteiger partial charge in [-0.25, -0.2) is 0 Å². The summed E-state index contributed by atoms with van der Waals surface area (Å²) in [6.45, 7) is 1.77. The molecule has 0 bridgehead atoms. The molecule has 0 aromatic heterocycles. The molecule has 0 saturated carbocycles. The fraction of sp³-hybridized carbons (Fsp3) is 0.400. The van der Waals surface area contributed by atoms with E-state index >= 15 is 0 Å². The van der Waals surface area contributed by atoms with Crippen LogP contribution in [0.25, 0.3) is 0 Å². The zero-order valence-corrected chi connectivity index (χ0v) is 8.28. The molecule has 74 valence electrons. The molecule has 4 heteroatoms. The Kier molecular flexibility index (Phi) is 1.91. The van der Waals surface area contributed by atoms with Gasteiger partial charge >= 0.3 is 0 Å². The van der Waals surface area contributed by atoms with Gasteiger partial charge in [-0.1, -0.05) is 0 Å². The molecule has 1 saturated heterocycles. The van der Waals surface area contributed by atoms with Crippen LogP contribution in [0.1, 0.15) is 0 Å². The fourth-order valence-electron chi connectivity index (χ4n) is 1.43. The molecule has 1 fully saturated rings. The highest BCUT2D eigenvalue weighted by Gasteiger charge is 2.30. The summed E-state index contributed by atoms with van der Waals surface area (Å²) in [6, 6.07) is 0. The van der Waals surface area contributed by atoms with Crippen molar-refractivity contribution >= 4 is 11.6 Å². The molecular weight excluding hydrogens is 180 g/mol. The van der Waals surface area contributed by atoms with Gasteiger partial charge in [0.05, 0.1) is 11.4 Å². The summed E-state index contributed by atoms with van der Waals surface area (Å²) in [7, 11) is 3.51. The van der Waals surface area contributed by atoms with E-state index in [0.29, 0.717) is 11.4 Å². The molecule has 0 radical (unpaired) electrons. The van der Waals surface area contributed by atoms with Crippen molar-refractivity contribution in [3.63, 3.8) is 0 Å². The van der Waals surface area contributed by atoms with Crippen LogP contribution < -0.4 is 0 Å². The molecule has 0 unspecified atom stereocenters. The third-order valence-corrected chi connectivity index (χ3v) is 2.31. The Morgan fingerprint density at radius 1 is 1.14 bits per heavy atom. The first kappa shape index (κ1) is 8.99. The van der Waals surface area contributed by atoms with Crippen LogP contribution in [0.2, 0.25) is 0 Å². The summed E-state index contributed by atoms with van der Waals surface area (Å²) in [5.74, 6) is -0.151. The first-order chi connectivity index (χ1) is 6.59. The minimum Gasteiger partial charge on any atom is -0.374 e. The van der Waals surface area contributed by atoms with E-state index in [-0.39, 0.29) is 11.6 Å². The first-order valence-corrected chi connectivity index (χ1v) is 4.54. The van der Waals surface area contributed by atoms with Crippen LogP contribution in [0.4, 0.5) is 0 Å². The van der Waals surface area contributed by atoms with Gasteiger partial charge in [0.15, 0.2) is 0 Å². The van der Waals surface area contributed by atoms with Crippen LogP contribution in [0.15, 0.2) is 23.5 Å². The number of carbonyl (C=O) groups is 2. The third-order valence-electron chi connectivity index (χ3n) is 2.31. The van der Waals surface area contributed by atoms with Gasteiger partial charge in [0.2, 0.25) is 11.6 Å². The standard InChI is InChI=1S/C10H12N2O2/c1-11(2)7-5-10(14)8(6-9(7)13)12-3-4-12/h5-6H,3-4H2,1-2H3. The van der Waals surface area contributed by atoms with E-state index in [0.717, 1.165) is 13.1 Å². The van der Waals surface area contributed by atoms with Crippen molar-refractivity contribution in [1.29, 1.82) is 0 Å². The van der Waals surface area contributed by atoms with Crippen molar-refractivity contribution in [3.8, 4) is 0 Å². The quantitative estimate of drug-likeness (QED) is 0.448. The summed E-state index contributed by atoms with van der Waals surface area (Å²) < 4.78 is 0. The average molecular weight is 192 g/mol. The SMILES string of the molecule is CN(C)C1=CC(=O)C(N2CC2)=CC1=O. The maximum atomic E-state index is 11.6. The molecule has 0 atom stereocenters. The van der Waals surface area contributed by atoms with E-state index in [1.54, 1.807) is 19.0 Å². The largest absolute Gasteiger partial charge is 0.374 e. The van der Waals surface area contributed by atoms with E-state index in [1.165, 1.54) is 12.2 Å². The maximum absolute atomic E-state index is 11.6. The van der Waals surface area contributed by atoms with Gasteiger partial charge in [0.1, 0.15) is 0 Å². The highest BCUT2D eigenvalue weighted by Crippen LogP contribution is 2.21. The molecule has 2 aliphatic rings. The van der Waals surface area contributed by atoms with Crippen molar-refractivity contribution in [2.45, 2.75) is 0 Å². The van der Waals surface area contributed by atoms with Crippen LogP contribution in [0.3, 0.4) is 0 Å². The Labute approximate surface area is 82.5 Å². The van der Waals surface area contributed by atoms with Crippen LogP contribution in [-0.2, 0) is 9.59 Å². The van der Waals surface area contributed by atoms with Gasteiger partial charge in [-0.05, 0) is 0 Å². The Bertz CT molecular complexity index is 334. The van der Waals surface area contributed by atoms with E-state index in [2.05, 4.69) is 0 Å². The first-order valence-electron chi connectivity index (χ1n) is 4.54. The molecule has 14 heavy (non-hydrogen) atoms.